The fraction of sp³-hybridized carbons (Fsp3) is 0.269. The summed E-state index contributed by atoms with van der Waals surface area (Å²) in [4.78, 5) is 11.4. The third-order valence-electron chi connectivity index (χ3n) is 4.79. The predicted octanol–water partition coefficient (Wildman–Crippen LogP) is 2.42. The van der Waals surface area contributed by atoms with Crippen molar-refractivity contribution in [3.05, 3.63) is 59.7 Å². The van der Waals surface area contributed by atoms with E-state index in [0.717, 1.165) is 0 Å². The molecule has 37 heavy (non-hydrogen) atoms. The van der Waals surface area contributed by atoms with Gasteiger partial charge in [0.1, 0.15) is 12.1 Å². The van der Waals surface area contributed by atoms with E-state index in [1.54, 1.807) is 31.2 Å². The van der Waals surface area contributed by atoms with Crippen molar-refractivity contribution in [2.45, 2.75) is 19.3 Å². The molecule has 11 heteroatoms. The van der Waals surface area contributed by atoms with Crippen molar-refractivity contribution in [3.8, 4) is 35.1 Å². The SMILES string of the molecule is C=C(C)C(=O)OCCCOc1ccc(/C(C#N)=C(\C#N)c2ccc(OC)c(OC(N)(N)N)c2)cc1OC. The first-order valence-electron chi connectivity index (χ1n) is 11.0. The standard InChI is InChI=1S/C26H29N5O6/c1-16(2)25(32)36-11-5-10-35-22-9-7-17(12-23(22)34-4)19(14-27)20(15-28)18-6-8-21(33-3)24(13-18)37-26(29,30)31/h6-9,12-13H,1,5,10-11,29-31H2,2-4H3/b20-19+. The minimum Gasteiger partial charge on any atom is -0.493 e. The molecular formula is C26H29N5O6. The highest BCUT2D eigenvalue weighted by Crippen LogP contribution is 2.36. The summed E-state index contributed by atoms with van der Waals surface area (Å²) < 4.78 is 26.7. The Bertz CT molecular complexity index is 1270. The quantitative estimate of drug-likeness (QED) is 0.0955. The van der Waals surface area contributed by atoms with Crippen LogP contribution >= 0.6 is 0 Å². The van der Waals surface area contributed by atoms with Gasteiger partial charge in [0.2, 0.25) is 0 Å². The van der Waals surface area contributed by atoms with Gasteiger partial charge in [-0.25, -0.2) is 4.79 Å². The Morgan fingerprint density at radius 3 is 1.92 bits per heavy atom. The maximum absolute atomic E-state index is 11.4. The van der Waals surface area contributed by atoms with E-state index in [1.807, 2.05) is 0 Å². The summed E-state index contributed by atoms with van der Waals surface area (Å²) in [5.74, 6) is -1.32. The van der Waals surface area contributed by atoms with Crippen molar-refractivity contribution in [3.63, 3.8) is 0 Å². The van der Waals surface area contributed by atoms with Gasteiger partial charge in [-0.3, -0.25) is 17.2 Å². The van der Waals surface area contributed by atoms with Crippen molar-refractivity contribution >= 4 is 17.1 Å². The van der Waals surface area contributed by atoms with Crippen LogP contribution in [0.25, 0.3) is 11.1 Å². The Morgan fingerprint density at radius 1 is 0.892 bits per heavy atom. The average molecular weight is 508 g/mol. The molecule has 2 rings (SSSR count). The van der Waals surface area contributed by atoms with Gasteiger partial charge in [0.15, 0.2) is 23.0 Å². The minimum atomic E-state index is -1.99. The topological polar surface area (TPSA) is 189 Å². The van der Waals surface area contributed by atoms with Gasteiger partial charge in [0, 0.05) is 12.0 Å². The van der Waals surface area contributed by atoms with Gasteiger partial charge in [-0.1, -0.05) is 6.58 Å². The summed E-state index contributed by atoms with van der Waals surface area (Å²) in [5.41, 5.74) is 17.9. The molecule has 2 aromatic rings. The number of carbonyl (C=O) groups excluding carboxylic acids is 1. The van der Waals surface area contributed by atoms with E-state index in [2.05, 4.69) is 18.7 Å². The fourth-order valence-corrected chi connectivity index (χ4v) is 3.10. The molecule has 0 aromatic heterocycles. The zero-order valence-electron chi connectivity index (χ0n) is 20.9. The molecule has 0 aliphatic rings. The van der Waals surface area contributed by atoms with Crippen molar-refractivity contribution in [1.82, 2.24) is 0 Å². The second kappa shape index (κ2) is 13.0. The predicted molar refractivity (Wildman–Crippen MR) is 136 cm³/mol. The molecule has 0 atom stereocenters. The van der Waals surface area contributed by atoms with Crippen LogP contribution in [-0.2, 0) is 9.53 Å². The molecular weight excluding hydrogens is 478 g/mol. The molecule has 0 fully saturated rings. The Morgan fingerprint density at radius 2 is 1.43 bits per heavy atom. The first kappa shape index (κ1) is 28.7. The van der Waals surface area contributed by atoms with Gasteiger partial charge < -0.3 is 23.7 Å². The van der Waals surface area contributed by atoms with Crippen molar-refractivity contribution < 1.29 is 28.5 Å². The van der Waals surface area contributed by atoms with E-state index >= 15 is 0 Å². The van der Waals surface area contributed by atoms with Gasteiger partial charge in [0.05, 0.1) is 38.6 Å². The molecule has 2 aromatic carbocycles. The number of nitriles is 2. The largest absolute Gasteiger partial charge is 0.493 e. The maximum atomic E-state index is 11.4. The number of carbonyl (C=O) groups is 1. The monoisotopic (exact) mass is 507 g/mol. The second-order valence-electron chi connectivity index (χ2n) is 7.78. The van der Waals surface area contributed by atoms with Crippen LogP contribution in [0.15, 0.2) is 48.6 Å². The van der Waals surface area contributed by atoms with Crippen LogP contribution in [0.5, 0.6) is 23.0 Å². The number of nitrogens with two attached hydrogens (primary N) is 3. The molecule has 0 aliphatic carbocycles. The normalized spacial score (nSPS) is 11.4. The lowest BCUT2D eigenvalue weighted by atomic mass is 9.95. The molecule has 0 saturated heterocycles. The van der Waals surface area contributed by atoms with Gasteiger partial charge in [0.25, 0.3) is 5.97 Å². The average Bonchev–Trinajstić information content (AvgIpc) is 2.85. The first-order valence-corrected chi connectivity index (χ1v) is 11.0. The Hall–Kier alpha value is -4.55. The van der Waals surface area contributed by atoms with E-state index in [1.165, 1.54) is 26.4 Å². The number of esters is 1. The highest BCUT2D eigenvalue weighted by atomic mass is 16.6. The van der Waals surface area contributed by atoms with Crippen LogP contribution in [0, 0.1) is 22.7 Å². The second-order valence-corrected chi connectivity index (χ2v) is 7.78. The number of methoxy groups -OCH3 is 2. The zero-order chi connectivity index (χ0) is 27.6. The third kappa shape index (κ3) is 7.98. The highest BCUT2D eigenvalue weighted by Gasteiger charge is 2.20. The Kier molecular flexibility index (Phi) is 10.0. The molecule has 0 unspecified atom stereocenters. The summed E-state index contributed by atoms with van der Waals surface area (Å²) >= 11 is 0. The lowest BCUT2D eigenvalue weighted by Crippen LogP contribution is -2.62. The van der Waals surface area contributed by atoms with Crippen LogP contribution in [0.3, 0.4) is 0 Å². The van der Waals surface area contributed by atoms with Gasteiger partial charge >= 0.3 is 5.97 Å². The minimum absolute atomic E-state index is 0.0571. The fourth-order valence-electron chi connectivity index (χ4n) is 3.10. The maximum Gasteiger partial charge on any atom is 0.333 e. The van der Waals surface area contributed by atoms with Gasteiger partial charge in [-0.05, 0) is 54.4 Å². The summed E-state index contributed by atoms with van der Waals surface area (Å²) in [6.45, 7) is 5.52. The van der Waals surface area contributed by atoms with E-state index < -0.39 is 11.9 Å². The number of allylic oxidation sites excluding steroid dienone is 2. The van der Waals surface area contributed by atoms with Gasteiger partial charge in [-0.2, -0.15) is 10.5 Å². The molecule has 0 saturated carbocycles. The van der Waals surface area contributed by atoms with E-state index in [0.29, 0.717) is 34.6 Å². The molecule has 0 heterocycles. The number of hydrogen-bond acceptors (Lipinski definition) is 11. The molecule has 0 bridgehead atoms. The molecule has 0 radical (unpaired) electrons. The molecule has 0 spiro atoms. The smallest absolute Gasteiger partial charge is 0.333 e. The lowest BCUT2D eigenvalue weighted by Gasteiger charge is -2.22. The number of nitrogens with zero attached hydrogens (tertiary/aromatic N) is 2. The van der Waals surface area contributed by atoms with Crippen LogP contribution < -0.4 is 36.1 Å². The van der Waals surface area contributed by atoms with Crippen molar-refractivity contribution in [2.24, 2.45) is 17.2 Å². The molecule has 11 nitrogen and oxygen atoms in total. The van der Waals surface area contributed by atoms with E-state index in [4.69, 9.17) is 40.9 Å². The van der Waals surface area contributed by atoms with Crippen molar-refractivity contribution in [2.75, 3.05) is 27.4 Å². The van der Waals surface area contributed by atoms with E-state index in [-0.39, 0.29) is 35.9 Å². The number of ether oxygens (including phenoxy) is 5. The summed E-state index contributed by atoms with van der Waals surface area (Å²) in [6.07, 6.45) is 0.448. The van der Waals surface area contributed by atoms with Crippen LogP contribution in [-0.4, -0.2) is 39.4 Å². The molecule has 0 aliphatic heterocycles. The van der Waals surface area contributed by atoms with E-state index in [9.17, 15) is 15.3 Å². The number of benzene rings is 2. The lowest BCUT2D eigenvalue weighted by molar-refractivity contribution is -0.139. The summed E-state index contributed by atoms with van der Waals surface area (Å²) in [7, 11) is 2.87. The Balaban J connectivity index is 2.34. The number of hydrogen-bond donors (Lipinski definition) is 3. The summed E-state index contributed by atoms with van der Waals surface area (Å²) in [5, 5.41) is 19.8. The number of rotatable bonds is 12. The highest BCUT2D eigenvalue weighted by molar-refractivity contribution is 6.03. The molecule has 6 N–H and O–H groups in total. The third-order valence-corrected chi connectivity index (χ3v) is 4.79. The molecule has 194 valence electrons. The zero-order valence-corrected chi connectivity index (χ0v) is 20.9. The van der Waals surface area contributed by atoms with Crippen molar-refractivity contribution in [1.29, 1.82) is 10.5 Å². The molecule has 0 amide bonds. The first-order chi connectivity index (χ1) is 17.5. The van der Waals surface area contributed by atoms with Crippen LogP contribution in [0.4, 0.5) is 0 Å². The summed E-state index contributed by atoms with van der Waals surface area (Å²) in [6, 6.07) is 13.5. The Labute approximate surface area is 215 Å². The van der Waals surface area contributed by atoms with Crippen LogP contribution in [0.2, 0.25) is 0 Å². The van der Waals surface area contributed by atoms with Gasteiger partial charge in [-0.15, -0.1) is 0 Å². The van der Waals surface area contributed by atoms with Crippen LogP contribution in [0.1, 0.15) is 24.5 Å².